The molecule has 1 aliphatic rings. The van der Waals surface area contributed by atoms with Crippen LogP contribution in [0.3, 0.4) is 0 Å². The monoisotopic (exact) mass is 360 g/mol. The summed E-state index contributed by atoms with van der Waals surface area (Å²) in [6.45, 7) is 18.1. The van der Waals surface area contributed by atoms with E-state index in [4.69, 9.17) is 10.8 Å². The molecule has 0 heterocycles. The first-order chi connectivity index (χ1) is 11.0. The fraction of sp³-hybridized carbons (Fsp3) is 0.714. The number of rotatable bonds is 6. The molecule has 134 valence electrons. The van der Waals surface area contributed by atoms with Crippen LogP contribution in [0.5, 0.6) is 0 Å². The average molecular weight is 361 g/mol. The molecule has 0 saturated heterocycles. The highest BCUT2D eigenvalue weighted by atomic mass is 28.4. The Hall–Kier alpha value is -0.746. The van der Waals surface area contributed by atoms with Gasteiger partial charge < -0.3 is 4.43 Å². The first-order valence-electron chi connectivity index (χ1n) is 9.30. The molecular weight excluding hydrogens is 324 g/mol. The summed E-state index contributed by atoms with van der Waals surface area (Å²) in [7, 11) is -3.02. The Morgan fingerprint density at radius 2 is 1.88 bits per heavy atom. The summed E-state index contributed by atoms with van der Waals surface area (Å²) in [6, 6.07) is 0. The third-order valence-corrected chi connectivity index (χ3v) is 6.55. The van der Waals surface area contributed by atoms with E-state index in [2.05, 4.69) is 63.2 Å². The number of hydrogen-bond acceptors (Lipinski definition) is 1. The molecule has 24 heavy (non-hydrogen) atoms. The van der Waals surface area contributed by atoms with Gasteiger partial charge in [0.2, 0.25) is 0 Å². The highest BCUT2D eigenvalue weighted by molar-refractivity contribution is 6.83. The van der Waals surface area contributed by atoms with Crippen LogP contribution < -0.4 is 0 Å². The van der Waals surface area contributed by atoms with Gasteiger partial charge >= 0.3 is 0 Å². The van der Waals surface area contributed by atoms with E-state index in [1.807, 2.05) is 0 Å². The zero-order valence-corrected chi connectivity index (χ0v) is 18.7. The SMILES string of the molecule is C#CCCC1(C(CC#C[Si](C)(C)C)O[Si](C)(C)C)CCCCC1=C. The van der Waals surface area contributed by atoms with Crippen LogP contribution >= 0.6 is 0 Å². The van der Waals surface area contributed by atoms with E-state index in [0.29, 0.717) is 0 Å². The Labute approximate surface area is 152 Å². The molecule has 0 bridgehead atoms. The minimum absolute atomic E-state index is 0.0268. The van der Waals surface area contributed by atoms with Crippen molar-refractivity contribution in [2.75, 3.05) is 0 Å². The minimum atomic E-state index is -1.67. The summed E-state index contributed by atoms with van der Waals surface area (Å²) in [5, 5.41) is 0. The third-order valence-electron chi connectivity index (χ3n) is 4.63. The molecule has 1 aliphatic carbocycles. The van der Waals surface area contributed by atoms with Gasteiger partial charge in [-0.1, -0.05) is 38.2 Å². The standard InChI is InChI=1S/C21H36OSi2/c1-9-10-16-21(17-12-11-14-19(21)2)20(22-24(6,7)8)15-13-18-23(3,4)5/h1,20H,2,10-12,14-17H2,3-8H3. The van der Waals surface area contributed by atoms with Gasteiger partial charge in [-0.05, 0) is 45.3 Å². The van der Waals surface area contributed by atoms with E-state index in [-0.39, 0.29) is 11.5 Å². The molecular formula is C21H36OSi2. The first-order valence-corrected chi connectivity index (χ1v) is 16.2. The topological polar surface area (TPSA) is 9.23 Å². The summed E-state index contributed by atoms with van der Waals surface area (Å²) in [4.78, 5) is 0. The Bertz CT molecular complexity index is 533. The first kappa shape index (κ1) is 21.3. The maximum absolute atomic E-state index is 6.69. The van der Waals surface area contributed by atoms with Crippen molar-refractivity contribution >= 4 is 16.4 Å². The Morgan fingerprint density at radius 1 is 1.21 bits per heavy atom. The molecule has 1 saturated carbocycles. The predicted octanol–water partition coefficient (Wildman–Crippen LogP) is 6.01. The molecule has 0 aromatic rings. The van der Waals surface area contributed by atoms with Gasteiger partial charge in [0, 0.05) is 18.3 Å². The van der Waals surface area contributed by atoms with Crippen LogP contribution in [-0.4, -0.2) is 22.5 Å². The zero-order valence-electron chi connectivity index (χ0n) is 16.7. The van der Waals surface area contributed by atoms with Crippen LogP contribution in [0, 0.1) is 29.2 Å². The maximum atomic E-state index is 6.69. The van der Waals surface area contributed by atoms with Gasteiger partial charge in [-0.15, -0.1) is 23.8 Å². The second-order valence-corrected chi connectivity index (χ2v) is 18.4. The molecule has 0 aromatic carbocycles. The van der Waals surface area contributed by atoms with E-state index >= 15 is 0 Å². The van der Waals surface area contributed by atoms with Crippen molar-refractivity contribution in [2.45, 2.75) is 90.3 Å². The molecule has 1 nitrogen and oxygen atoms in total. The molecule has 0 N–H and O–H groups in total. The summed E-state index contributed by atoms with van der Waals surface area (Å²) in [5.41, 5.74) is 4.90. The second kappa shape index (κ2) is 8.57. The van der Waals surface area contributed by atoms with E-state index in [1.165, 1.54) is 18.4 Å². The number of terminal acetylenes is 1. The molecule has 2 atom stereocenters. The van der Waals surface area contributed by atoms with Crippen LogP contribution in [-0.2, 0) is 4.43 Å². The van der Waals surface area contributed by atoms with Crippen LogP contribution in [0.25, 0.3) is 0 Å². The lowest BCUT2D eigenvalue weighted by atomic mass is 9.64. The maximum Gasteiger partial charge on any atom is 0.184 e. The minimum Gasteiger partial charge on any atom is -0.413 e. The molecule has 0 aliphatic heterocycles. The molecule has 1 fully saturated rings. The molecule has 2 unspecified atom stereocenters. The molecule has 0 radical (unpaired) electrons. The fourth-order valence-corrected chi connectivity index (χ4v) is 5.33. The Kier molecular flexibility index (Phi) is 7.60. The van der Waals surface area contributed by atoms with Gasteiger partial charge in [-0.3, -0.25) is 0 Å². The van der Waals surface area contributed by atoms with Crippen molar-refractivity contribution in [3.63, 3.8) is 0 Å². The summed E-state index contributed by atoms with van der Waals surface area (Å²) in [6.07, 6.45) is 13.1. The van der Waals surface area contributed by atoms with E-state index in [1.54, 1.807) is 0 Å². The largest absolute Gasteiger partial charge is 0.413 e. The number of hydrogen-bond donors (Lipinski definition) is 0. The van der Waals surface area contributed by atoms with Crippen molar-refractivity contribution < 1.29 is 4.43 Å². The van der Waals surface area contributed by atoms with Crippen molar-refractivity contribution in [2.24, 2.45) is 5.41 Å². The highest BCUT2D eigenvalue weighted by Crippen LogP contribution is 2.49. The van der Waals surface area contributed by atoms with Crippen LogP contribution in [0.4, 0.5) is 0 Å². The molecule has 3 heteroatoms. The highest BCUT2D eigenvalue weighted by Gasteiger charge is 2.43. The molecule has 0 amide bonds. The van der Waals surface area contributed by atoms with E-state index in [0.717, 1.165) is 32.1 Å². The van der Waals surface area contributed by atoms with Crippen molar-refractivity contribution in [1.82, 2.24) is 0 Å². The van der Waals surface area contributed by atoms with Gasteiger partial charge in [0.1, 0.15) is 8.07 Å². The van der Waals surface area contributed by atoms with Gasteiger partial charge in [-0.25, -0.2) is 0 Å². The summed E-state index contributed by atoms with van der Waals surface area (Å²) >= 11 is 0. The van der Waals surface area contributed by atoms with Crippen molar-refractivity contribution in [3.05, 3.63) is 12.2 Å². The quantitative estimate of drug-likeness (QED) is 0.320. The lowest BCUT2D eigenvalue weighted by molar-refractivity contribution is 0.0451. The van der Waals surface area contributed by atoms with Crippen LogP contribution in [0.15, 0.2) is 12.2 Å². The fourth-order valence-electron chi connectivity index (χ4n) is 3.54. The van der Waals surface area contributed by atoms with Crippen LogP contribution in [0.2, 0.25) is 39.3 Å². The summed E-state index contributed by atoms with van der Waals surface area (Å²) in [5.74, 6) is 6.33. The van der Waals surface area contributed by atoms with Crippen LogP contribution in [0.1, 0.15) is 44.9 Å². The van der Waals surface area contributed by atoms with Gasteiger partial charge in [0.25, 0.3) is 0 Å². The van der Waals surface area contributed by atoms with Crippen molar-refractivity contribution in [1.29, 1.82) is 0 Å². The Balaban J connectivity index is 3.16. The van der Waals surface area contributed by atoms with Crippen molar-refractivity contribution in [3.8, 4) is 23.8 Å². The normalized spacial score (nSPS) is 23.1. The lowest BCUT2D eigenvalue weighted by Crippen LogP contribution is -2.45. The van der Waals surface area contributed by atoms with E-state index in [9.17, 15) is 0 Å². The van der Waals surface area contributed by atoms with E-state index < -0.39 is 16.4 Å². The average Bonchev–Trinajstić information content (AvgIpc) is 2.43. The summed E-state index contributed by atoms with van der Waals surface area (Å²) < 4.78 is 6.69. The lowest BCUT2D eigenvalue weighted by Gasteiger charge is -2.46. The van der Waals surface area contributed by atoms with Gasteiger partial charge in [0.05, 0.1) is 6.10 Å². The second-order valence-electron chi connectivity index (χ2n) is 9.15. The predicted molar refractivity (Wildman–Crippen MR) is 112 cm³/mol. The van der Waals surface area contributed by atoms with Gasteiger partial charge in [0.15, 0.2) is 8.32 Å². The smallest absolute Gasteiger partial charge is 0.184 e. The third kappa shape index (κ3) is 6.63. The molecule has 1 rings (SSSR count). The zero-order chi connectivity index (χ0) is 18.4. The van der Waals surface area contributed by atoms with Gasteiger partial charge in [-0.2, -0.15) is 0 Å². The Morgan fingerprint density at radius 3 is 2.38 bits per heavy atom. The molecule has 0 aromatic heterocycles. The molecule has 0 spiro atoms.